The van der Waals surface area contributed by atoms with E-state index in [1.54, 1.807) is 9.80 Å². The molecule has 0 radical (unpaired) electrons. The summed E-state index contributed by atoms with van der Waals surface area (Å²) in [6, 6.07) is 7.78. The predicted molar refractivity (Wildman–Crippen MR) is 130 cm³/mol. The van der Waals surface area contributed by atoms with Gasteiger partial charge in [0.1, 0.15) is 5.01 Å². The summed E-state index contributed by atoms with van der Waals surface area (Å²) in [5.74, 6) is -0.606. The molecule has 0 unspecified atom stereocenters. The lowest BCUT2D eigenvalue weighted by Crippen LogP contribution is -2.44. The van der Waals surface area contributed by atoms with Gasteiger partial charge < -0.3 is 19.9 Å². The number of rotatable bonds is 8. The van der Waals surface area contributed by atoms with Crippen molar-refractivity contribution < 1.29 is 19.1 Å². The highest BCUT2D eigenvalue weighted by molar-refractivity contribution is 7.15. The van der Waals surface area contributed by atoms with E-state index in [2.05, 4.69) is 15.5 Å². The lowest BCUT2D eigenvalue weighted by molar-refractivity contribution is -0.138. The highest BCUT2D eigenvalue weighted by atomic mass is 32.1. The van der Waals surface area contributed by atoms with Crippen molar-refractivity contribution in [1.82, 2.24) is 15.1 Å². The maximum absolute atomic E-state index is 13.1. The zero-order chi connectivity index (χ0) is 24.1. The van der Waals surface area contributed by atoms with Gasteiger partial charge >= 0.3 is 0 Å². The highest BCUT2D eigenvalue weighted by Gasteiger charge is 2.38. The van der Waals surface area contributed by atoms with Gasteiger partial charge in [0.2, 0.25) is 22.9 Å². The molecule has 3 amide bonds. The van der Waals surface area contributed by atoms with E-state index in [1.807, 2.05) is 38.1 Å². The summed E-state index contributed by atoms with van der Waals surface area (Å²) < 4.78 is 5.33. The number of amides is 3. The molecule has 0 saturated carbocycles. The molecule has 0 bridgehead atoms. The number of ether oxygens (including phenoxy) is 1. The molecule has 0 aliphatic carbocycles. The molecule has 4 rings (SSSR count). The van der Waals surface area contributed by atoms with Gasteiger partial charge in [0.25, 0.3) is 0 Å². The molecule has 2 fully saturated rings. The Bertz CT molecular complexity index is 1020. The van der Waals surface area contributed by atoms with Crippen LogP contribution in [0.2, 0.25) is 0 Å². The van der Waals surface area contributed by atoms with E-state index in [4.69, 9.17) is 4.74 Å². The minimum Gasteiger partial charge on any atom is -0.381 e. The Balaban J connectivity index is 1.25. The highest BCUT2D eigenvalue weighted by Crippen LogP contribution is 2.28. The zero-order valence-electron chi connectivity index (χ0n) is 19.7. The standard InChI is InChI=1S/C24H31N5O4S/c1-3-33-13-10-20-26-27-24(34-20)25-22(31)17-8-11-28(12-9-17)23(32)18-14-21(30)29(15-18)19-6-4-16(2)5-7-19/h4-7,17-18H,3,8-15H2,1-2H3,(H,25,27,31)/t18-/m1/s1. The Hall–Kier alpha value is -2.85. The molecule has 9 nitrogen and oxygen atoms in total. The van der Waals surface area contributed by atoms with Crippen molar-refractivity contribution in [3.8, 4) is 0 Å². The Labute approximate surface area is 203 Å². The van der Waals surface area contributed by atoms with Crippen molar-refractivity contribution >= 4 is 39.9 Å². The molecule has 34 heavy (non-hydrogen) atoms. The summed E-state index contributed by atoms with van der Waals surface area (Å²) in [7, 11) is 0. The van der Waals surface area contributed by atoms with E-state index in [-0.39, 0.29) is 36.0 Å². The van der Waals surface area contributed by atoms with E-state index in [9.17, 15) is 14.4 Å². The molecule has 0 spiro atoms. The normalized spacial score (nSPS) is 19.0. The number of carbonyl (C=O) groups is 3. The Morgan fingerprint density at radius 3 is 2.59 bits per heavy atom. The molecular weight excluding hydrogens is 454 g/mol. The number of piperidine rings is 1. The van der Waals surface area contributed by atoms with E-state index in [1.165, 1.54) is 11.3 Å². The molecule has 1 aromatic carbocycles. The number of carbonyl (C=O) groups excluding carboxylic acids is 3. The number of nitrogens with zero attached hydrogens (tertiary/aromatic N) is 4. The predicted octanol–water partition coefficient (Wildman–Crippen LogP) is 2.66. The molecule has 2 aliphatic rings. The fourth-order valence-electron chi connectivity index (χ4n) is 4.38. The fraction of sp³-hybridized carbons (Fsp3) is 0.542. The average molecular weight is 486 g/mol. The molecule has 2 saturated heterocycles. The van der Waals surface area contributed by atoms with Gasteiger partial charge in [-0.3, -0.25) is 14.4 Å². The third-order valence-corrected chi connectivity index (χ3v) is 7.26. The molecule has 182 valence electrons. The Morgan fingerprint density at radius 1 is 1.15 bits per heavy atom. The second-order valence-corrected chi connectivity index (χ2v) is 9.84. The molecule has 10 heteroatoms. The second-order valence-electron chi connectivity index (χ2n) is 8.78. The molecule has 2 aliphatic heterocycles. The number of benzene rings is 1. The molecule has 1 N–H and O–H groups in total. The summed E-state index contributed by atoms with van der Waals surface area (Å²) >= 11 is 1.36. The van der Waals surface area contributed by atoms with Gasteiger partial charge in [-0.1, -0.05) is 29.0 Å². The smallest absolute Gasteiger partial charge is 0.229 e. The van der Waals surface area contributed by atoms with Crippen LogP contribution in [0.4, 0.5) is 10.8 Å². The summed E-state index contributed by atoms with van der Waals surface area (Å²) in [6.45, 7) is 6.62. The lowest BCUT2D eigenvalue weighted by atomic mass is 9.94. The van der Waals surface area contributed by atoms with Gasteiger partial charge in [0.05, 0.1) is 12.5 Å². The van der Waals surface area contributed by atoms with Gasteiger partial charge in [-0.15, -0.1) is 10.2 Å². The number of anilines is 2. The molecule has 1 aromatic heterocycles. The number of likely N-dealkylation sites (tertiary alicyclic amines) is 1. The van der Waals surface area contributed by atoms with Crippen molar-refractivity contribution in [2.24, 2.45) is 11.8 Å². The third-order valence-electron chi connectivity index (χ3n) is 6.36. The van der Waals surface area contributed by atoms with Gasteiger partial charge in [0.15, 0.2) is 0 Å². The van der Waals surface area contributed by atoms with Crippen LogP contribution in [-0.4, -0.2) is 65.7 Å². The minimum absolute atomic E-state index is 0.00452. The number of hydrogen-bond acceptors (Lipinski definition) is 7. The van der Waals surface area contributed by atoms with Crippen LogP contribution >= 0.6 is 11.3 Å². The van der Waals surface area contributed by atoms with Crippen LogP contribution in [0.1, 0.15) is 36.8 Å². The van der Waals surface area contributed by atoms with E-state index in [0.29, 0.717) is 57.2 Å². The third kappa shape index (κ3) is 5.79. The minimum atomic E-state index is -0.337. The number of aromatic nitrogens is 2. The van der Waals surface area contributed by atoms with E-state index >= 15 is 0 Å². The van der Waals surface area contributed by atoms with Crippen LogP contribution < -0.4 is 10.2 Å². The summed E-state index contributed by atoms with van der Waals surface area (Å²) in [5.41, 5.74) is 1.96. The second kappa shape index (κ2) is 11.1. The first kappa shape index (κ1) is 24.3. The van der Waals surface area contributed by atoms with Crippen molar-refractivity contribution in [1.29, 1.82) is 0 Å². The van der Waals surface area contributed by atoms with Gasteiger partial charge in [-0.2, -0.15) is 0 Å². The molecular formula is C24H31N5O4S. The van der Waals surface area contributed by atoms with Crippen LogP contribution in [0.15, 0.2) is 24.3 Å². The van der Waals surface area contributed by atoms with Crippen LogP contribution in [0.5, 0.6) is 0 Å². The number of nitrogens with one attached hydrogen (secondary N) is 1. The summed E-state index contributed by atoms with van der Waals surface area (Å²) in [4.78, 5) is 41.8. The first-order valence-electron chi connectivity index (χ1n) is 11.8. The van der Waals surface area contributed by atoms with Crippen molar-refractivity contribution in [3.05, 3.63) is 34.8 Å². The van der Waals surface area contributed by atoms with Crippen molar-refractivity contribution in [2.45, 2.75) is 39.5 Å². The van der Waals surface area contributed by atoms with Crippen LogP contribution in [-0.2, 0) is 25.5 Å². The maximum atomic E-state index is 13.1. The van der Waals surface area contributed by atoms with Crippen LogP contribution in [0.25, 0.3) is 0 Å². The van der Waals surface area contributed by atoms with Gasteiger partial charge in [-0.25, -0.2) is 0 Å². The Morgan fingerprint density at radius 2 is 1.88 bits per heavy atom. The summed E-state index contributed by atoms with van der Waals surface area (Å²) in [5, 5.41) is 12.3. The lowest BCUT2D eigenvalue weighted by Gasteiger charge is -2.32. The van der Waals surface area contributed by atoms with Crippen molar-refractivity contribution in [2.75, 3.05) is 43.1 Å². The van der Waals surface area contributed by atoms with Crippen molar-refractivity contribution in [3.63, 3.8) is 0 Å². The van der Waals surface area contributed by atoms with Gasteiger partial charge in [-0.05, 0) is 38.8 Å². The molecule has 3 heterocycles. The van der Waals surface area contributed by atoms with Crippen LogP contribution in [0.3, 0.4) is 0 Å². The Kier molecular flexibility index (Phi) is 7.89. The molecule has 1 atom stereocenters. The summed E-state index contributed by atoms with van der Waals surface area (Å²) in [6.07, 6.45) is 2.09. The average Bonchev–Trinajstić information content (AvgIpc) is 3.45. The number of hydrogen-bond donors (Lipinski definition) is 1. The first-order valence-corrected chi connectivity index (χ1v) is 12.6. The number of aryl methyl sites for hydroxylation is 1. The van der Waals surface area contributed by atoms with E-state index < -0.39 is 0 Å². The molecule has 2 aromatic rings. The SMILES string of the molecule is CCOCCc1nnc(NC(=O)C2CCN(C(=O)[C@@H]3CC(=O)N(c4ccc(C)cc4)C3)CC2)s1. The van der Waals surface area contributed by atoms with E-state index in [0.717, 1.165) is 16.3 Å². The topological polar surface area (TPSA) is 105 Å². The van der Waals surface area contributed by atoms with Crippen LogP contribution in [0, 0.1) is 18.8 Å². The van der Waals surface area contributed by atoms with Gasteiger partial charge in [0, 0.05) is 50.7 Å². The zero-order valence-corrected chi connectivity index (χ0v) is 20.5. The quantitative estimate of drug-likeness (QED) is 0.577. The monoisotopic (exact) mass is 485 g/mol. The first-order chi connectivity index (χ1) is 16.4. The fourth-order valence-corrected chi connectivity index (χ4v) is 5.11. The largest absolute Gasteiger partial charge is 0.381 e. The maximum Gasteiger partial charge on any atom is 0.229 e.